The molecule has 2 aromatic rings. The maximum Gasteiger partial charge on any atom is 0.206 e. The number of hydrogen-bond acceptors (Lipinski definition) is 5. The van der Waals surface area contributed by atoms with Crippen LogP contribution < -0.4 is 11.5 Å². The lowest BCUT2D eigenvalue weighted by atomic mass is 10.3. The summed E-state index contributed by atoms with van der Waals surface area (Å²) < 4.78 is 25.3. The first-order chi connectivity index (χ1) is 8.93. The number of nitrogen functional groups attached to an aromatic ring is 1. The van der Waals surface area contributed by atoms with E-state index in [-0.39, 0.29) is 16.3 Å². The van der Waals surface area contributed by atoms with Gasteiger partial charge in [-0.1, -0.05) is 0 Å². The summed E-state index contributed by atoms with van der Waals surface area (Å²) >= 11 is 3.18. The van der Waals surface area contributed by atoms with Gasteiger partial charge in [0, 0.05) is 12.2 Å². The average Bonchev–Trinajstić information content (AvgIpc) is 2.38. The van der Waals surface area contributed by atoms with E-state index < -0.39 is 9.84 Å². The Morgan fingerprint density at radius 3 is 2.32 bits per heavy atom. The lowest BCUT2D eigenvalue weighted by molar-refractivity contribution is 0.595. The molecule has 7 heteroatoms. The van der Waals surface area contributed by atoms with Gasteiger partial charge in [-0.2, -0.15) is 0 Å². The van der Waals surface area contributed by atoms with Crippen molar-refractivity contribution in [2.24, 2.45) is 5.73 Å². The van der Waals surface area contributed by atoms with Crippen molar-refractivity contribution < 1.29 is 8.42 Å². The summed E-state index contributed by atoms with van der Waals surface area (Å²) in [6, 6.07) is 8.96. The van der Waals surface area contributed by atoms with E-state index in [9.17, 15) is 8.42 Å². The minimum absolute atomic E-state index is 0.152. The highest BCUT2D eigenvalue weighted by Crippen LogP contribution is 2.24. The van der Waals surface area contributed by atoms with Gasteiger partial charge in [-0.25, -0.2) is 13.4 Å². The molecule has 19 heavy (non-hydrogen) atoms. The maximum atomic E-state index is 12.4. The summed E-state index contributed by atoms with van der Waals surface area (Å²) in [5, 5.41) is 0. The van der Waals surface area contributed by atoms with Crippen molar-refractivity contribution in [2.45, 2.75) is 16.3 Å². The van der Waals surface area contributed by atoms with Crippen molar-refractivity contribution in [2.75, 3.05) is 5.73 Å². The Morgan fingerprint density at radius 2 is 1.74 bits per heavy atom. The van der Waals surface area contributed by atoms with E-state index in [0.29, 0.717) is 16.0 Å². The largest absolute Gasteiger partial charge is 0.399 e. The average molecular weight is 342 g/mol. The van der Waals surface area contributed by atoms with Gasteiger partial charge in [-0.15, -0.1) is 0 Å². The van der Waals surface area contributed by atoms with Crippen LogP contribution in [0.1, 0.15) is 5.69 Å². The number of halogens is 1. The first-order valence-electron chi connectivity index (χ1n) is 5.40. The number of sulfone groups is 1. The quantitative estimate of drug-likeness (QED) is 0.654. The minimum Gasteiger partial charge on any atom is -0.399 e. The zero-order chi connectivity index (χ0) is 14.0. The molecule has 0 saturated carbocycles. The van der Waals surface area contributed by atoms with E-state index in [1.54, 1.807) is 12.1 Å². The highest BCUT2D eigenvalue weighted by molar-refractivity contribution is 9.10. The molecule has 0 unspecified atom stereocenters. The second kappa shape index (κ2) is 5.28. The predicted octanol–water partition coefficient (Wildman–Crippen LogP) is 1.72. The van der Waals surface area contributed by atoms with Crippen LogP contribution in [0.5, 0.6) is 0 Å². The number of anilines is 1. The third-order valence-electron chi connectivity index (χ3n) is 2.53. The second-order valence-corrected chi connectivity index (χ2v) is 6.66. The number of pyridine rings is 1. The molecule has 100 valence electrons. The van der Waals surface area contributed by atoms with Crippen molar-refractivity contribution in [3.8, 4) is 0 Å². The smallest absolute Gasteiger partial charge is 0.206 e. The summed E-state index contributed by atoms with van der Waals surface area (Å²) in [6.45, 7) is 0.170. The normalized spacial score (nSPS) is 11.5. The van der Waals surface area contributed by atoms with Gasteiger partial charge in [0.05, 0.1) is 15.5 Å². The van der Waals surface area contributed by atoms with Gasteiger partial charge in [-0.05, 0) is 52.3 Å². The SMILES string of the molecule is NCc1cc(S(=O)(=O)c2ccc(N)cc2)cc(Br)n1. The van der Waals surface area contributed by atoms with Crippen LogP contribution in [0.3, 0.4) is 0 Å². The van der Waals surface area contributed by atoms with E-state index in [0.717, 1.165) is 0 Å². The first kappa shape index (κ1) is 14.0. The molecule has 0 fully saturated rings. The van der Waals surface area contributed by atoms with Crippen LogP contribution in [0.4, 0.5) is 5.69 Å². The third-order valence-corrected chi connectivity index (χ3v) is 4.69. The standard InChI is InChI=1S/C12H12BrN3O2S/c13-12-6-11(5-9(7-14)16-12)19(17,18)10-3-1-8(15)2-4-10/h1-6H,7,14-15H2. The molecule has 0 spiro atoms. The predicted molar refractivity (Wildman–Crippen MR) is 76.1 cm³/mol. The van der Waals surface area contributed by atoms with Crippen molar-refractivity contribution in [1.29, 1.82) is 0 Å². The molecular formula is C12H12BrN3O2S. The van der Waals surface area contributed by atoms with E-state index in [1.165, 1.54) is 24.3 Å². The highest BCUT2D eigenvalue weighted by atomic mass is 79.9. The molecule has 1 aromatic carbocycles. The zero-order valence-electron chi connectivity index (χ0n) is 9.88. The van der Waals surface area contributed by atoms with Crippen LogP contribution in [0, 0.1) is 0 Å². The Labute approximate surface area is 119 Å². The Hall–Kier alpha value is -1.44. The van der Waals surface area contributed by atoms with Crippen LogP contribution in [-0.4, -0.2) is 13.4 Å². The monoisotopic (exact) mass is 341 g/mol. The Bertz CT molecular complexity index is 699. The molecule has 2 rings (SSSR count). The lowest BCUT2D eigenvalue weighted by Crippen LogP contribution is -2.06. The maximum absolute atomic E-state index is 12.4. The topological polar surface area (TPSA) is 99.1 Å². The van der Waals surface area contributed by atoms with Crippen LogP contribution in [0.15, 0.2) is 50.8 Å². The fraction of sp³-hybridized carbons (Fsp3) is 0.0833. The van der Waals surface area contributed by atoms with Crippen molar-refractivity contribution in [3.05, 3.63) is 46.7 Å². The number of benzene rings is 1. The second-order valence-electron chi connectivity index (χ2n) is 3.89. The molecule has 0 aliphatic heterocycles. The van der Waals surface area contributed by atoms with Gasteiger partial charge in [0.15, 0.2) is 0 Å². The van der Waals surface area contributed by atoms with E-state index in [4.69, 9.17) is 11.5 Å². The van der Waals surface area contributed by atoms with Gasteiger partial charge in [0.2, 0.25) is 9.84 Å². The molecule has 0 atom stereocenters. The van der Waals surface area contributed by atoms with Gasteiger partial charge < -0.3 is 11.5 Å². The fourth-order valence-corrected chi connectivity index (χ4v) is 3.52. The number of rotatable bonds is 3. The molecular weight excluding hydrogens is 330 g/mol. The molecule has 0 bridgehead atoms. The lowest BCUT2D eigenvalue weighted by Gasteiger charge is -2.07. The first-order valence-corrected chi connectivity index (χ1v) is 7.68. The van der Waals surface area contributed by atoms with E-state index >= 15 is 0 Å². The molecule has 0 aliphatic rings. The Morgan fingerprint density at radius 1 is 1.11 bits per heavy atom. The highest BCUT2D eigenvalue weighted by Gasteiger charge is 2.19. The summed E-state index contributed by atoms with van der Waals surface area (Å²) in [7, 11) is -3.59. The van der Waals surface area contributed by atoms with E-state index in [2.05, 4.69) is 20.9 Å². The number of hydrogen-bond donors (Lipinski definition) is 2. The molecule has 4 N–H and O–H groups in total. The number of nitrogens with two attached hydrogens (primary N) is 2. The molecule has 0 saturated heterocycles. The van der Waals surface area contributed by atoms with Crippen LogP contribution in [0.2, 0.25) is 0 Å². The summed E-state index contributed by atoms with van der Waals surface area (Å²) in [6.07, 6.45) is 0. The molecule has 1 heterocycles. The van der Waals surface area contributed by atoms with Gasteiger partial charge in [-0.3, -0.25) is 0 Å². The minimum atomic E-state index is -3.59. The van der Waals surface area contributed by atoms with Crippen molar-refractivity contribution >= 4 is 31.5 Å². The zero-order valence-corrected chi connectivity index (χ0v) is 12.3. The molecule has 0 radical (unpaired) electrons. The van der Waals surface area contributed by atoms with Crippen LogP contribution in [0.25, 0.3) is 0 Å². The van der Waals surface area contributed by atoms with Gasteiger partial charge in [0.1, 0.15) is 4.60 Å². The Balaban J connectivity index is 2.56. The number of nitrogens with zero attached hydrogens (tertiary/aromatic N) is 1. The fourth-order valence-electron chi connectivity index (χ4n) is 1.57. The summed E-state index contributed by atoms with van der Waals surface area (Å²) in [5.74, 6) is 0. The van der Waals surface area contributed by atoms with Crippen LogP contribution >= 0.6 is 15.9 Å². The van der Waals surface area contributed by atoms with Gasteiger partial charge in [0.25, 0.3) is 0 Å². The number of aromatic nitrogens is 1. The van der Waals surface area contributed by atoms with Gasteiger partial charge >= 0.3 is 0 Å². The third kappa shape index (κ3) is 2.94. The molecule has 0 amide bonds. The summed E-state index contributed by atoms with van der Waals surface area (Å²) in [4.78, 5) is 4.42. The molecule has 1 aromatic heterocycles. The van der Waals surface area contributed by atoms with Crippen LogP contribution in [-0.2, 0) is 16.4 Å². The Kier molecular flexibility index (Phi) is 3.88. The molecule has 0 aliphatic carbocycles. The van der Waals surface area contributed by atoms with E-state index in [1.807, 2.05) is 0 Å². The van der Waals surface area contributed by atoms with Crippen molar-refractivity contribution in [3.63, 3.8) is 0 Å². The summed E-state index contributed by atoms with van der Waals surface area (Å²) in [5.41, 5.74) is 12.1. The molecule has 5 nitrogen and oxygen atoms in total. The van der Waals surface area contributed by atoms with Crippen molar-refractivity contribution in [1.82, 2.24) is 4.98 Å².